The molecule has 3 heteroatoms. The molecular weight excluding hydrogens is 324 g/mol. The molecule has 2 N–H and O–H groups in total. The van der Waals surface area contributed by atoms with Crippen molar-refractivity contribution in [2.45, 2.75) is 71.2 Å². The predicted octanol–water partition coefficient (Wildman–Crippen LogP) is 5.28. The highest BCUT2D eigenvalue weighted by Crippen LogP contribution is 2.37. The molecule has 3 nitrogen and oxygen atoms in total. The first-order valence-corrected chi connectivity index (χ1v) is 9.68. The Hall–Kier alpha value is -1.84. The SMILES string of the molecule is CCC(O)(CC)c1cc(OCc2ccccc2)cc(C(O)(CC)CC)c1. The van der Waals surface area contributed by atoms with Gasteiger partial charge in [0, 0.05) is 0 Å². The summed E-state index contributed by atoms with van der Waals surface area (Å²) in [5.74, 6) is 0.682. The quantitative estimate of drug-likeness (QED) is 0.642. The van der Waals surface area contributed by atoms with Gasteiger partial charge in [0.05, 0.1) is 11.2 Å². The molecule has 0 bridgehead atoms. The van der Waals surface area contributed by atoms with Crippen LogP contribution in [-0.2, 0) is 17.8 Å². The van der Waals surface area contributed by atoms with Gasteiger partial charge >= 0.3 is 0 Å². The number of ether oxygens (including phenoxy) is 1. The molecule has 2 aromatic rings. The molecule has 0 amide bonds. The standard InChI is InChI=1S/C23H32O3/c1-5-22(24,6-2)19-14-20(23(25,7-3)8-4)16-21(15-19)26-17-18-12-10-9-11-13-18/h9-16,24-25H,5-8,17H2,1-4H3. The van der Waals surface area contributed by atoms with E-state index >= 15 is 0 Å². The van der Waals surface area contributed by atoms with Crippen LogP contribution in [0.4, 0.5) is 0 Å². The van der Waals surface area contributed by atoms with Crippen LogP contribution in [-0.4, -0.2) is 10.2 Å². The van der Waals surface area contributed by atoms with E-state index in [9.17, 15) is 10.2 Å². The molecule has 0 aliphatic rings. The van der Waals surface area contributed by atoms with Crippen LogP contribution in [0.25, 0.3) is 0 Å². The lowest BCUT2D eigenvalue weighted by Gasteiger charge is -2.31. The van der Waals surface area contributed by atoms with Crippen LogP contribution < -0.4 is 4.74 Å². The maximum atomic E-state index is 11.0. The van der Waals surface area contributed by atoms with Crippen molar-refractivity contribution >= 4 is 0 Å². The van der Waals surface area contributed by atoms with Crippen LogP contribution in [0.1, 0.15) is 70.1 Å². The highest BCUT2D eigenvalue weighted by molar-refractivity contribution is 5.40. The van der Waals surface area contributed by atoms with Crippen molar-refractivity contribution in [3.05, 3.63) is 65.2 Å². The Morgan fingerprint density at radius 3 is 1.62 bits per heavy atom. The molecule has 0 saturated heterocycles. The molecule has 142 valence electrons. The van der Waals surface area contributed by atoms with Gasteiger partial charge in [-0.05, 0) is 60.6 Å². The minimum atomic E-state index is -0.913. The molecule has 0 heterocycles. The Labute approximate surface area is 157 Å². The first-order chi connectivity index (χ1) is 12.4. The van der Waals surface area contributed by atoms with Gasteiger partial charge in [-0.15, -0.1) is 0 Å². The Morgan fingerprint density at radius 1 is 0.731 bits per heavy atom. The minimum absolute atomic E-state index is 0.455. The van der Waals surface area contributed by atoms with E-state index in [0.29, 0.717) is 38.0 Å². The smallest absolute Gasteiger partial charge is 0.120 e. The summed E-state index contributed by atoms with van der Waals surface area (Å²) in [6.07, 6.45) is 2.45. The molecule has 0 spiro atoms. The monoisotopic (exact) mass is 356 g/mol. The minimum Gasteiger partial charge on any atom is -0.489 e. The summed E-state index contributed by atoms with van der Waals surface area (Å²) in [4.78, 5) is 0. The van der Waals surface area contributed by atoms with Crippen LogP contribution in [0.2, 0.25) is 0 Å². The first-order valence-electron chi connectivity index (χ1n) is 9.68. The van der Waals surface area contributed by atoms with Crippen molar-refractivity contribution in [1.29, 1.82) is 0 Å². The fourth-order valence-corrected chi connectivity index (χ4v) is 3.28. The third-order valence-corrected chi connectivity index (χ3v) is 5.57. The molecule has 0 unspecified atom stereocenters. The molecule has 2 rings (SSSR count). The molecular formula is C23H32O3. The van der Waals surface area contributed by atoms with Gasteiger partial charge in [-0.2, -0.15) is 0 Å². The zero-order valence-electron chi connectivity index (χ0n) is 16.5. The van der Waals surface area contributed by atoms with E-state index in [-0.39, 0.29) is 0 Å². The average Bonchev–Trinajstić information content (AvgIpc) is 2.71. The summed E-state index contributed by atoms with van der Waals surface area (Å²) in [5, 5.41) is 22.0. The lowest BCUT2D eigenvalue weighted by molar-refractivity contribution is 0.0212. The van der Waals surface area contributed by atoms with E-state index in [2.05, 4.69) is 0 Å². The van der Waals surface area contributed by atoms with Crippen molar-refractivity contribution in [2.75, 3.05) is 0 Å². The van der Waals surface area contributed by atoms with E-state index in [0.717, 1.165) is 16.7 Å². The topological polar surface area (TPSA) is 49.7 Å². The van der Waals surface area contributed by atoms with Gasteiger partial charge < -0.3 is 14.9 Å². The number of hydrogen-bond acceptors (Lipinski definition) is 3. The number of hydrogen-bond donors (Lipinski definition) is 2. The van der Waals surface area contributed by atoms with Crippen LogP contribution in [0, 0.1) is 0 Å². The predicted molar refractivity (Wildman–Crippen MR) is 106 cm³/mol. The molecule has 0 atom stereocenters. The summed E-state index contributed by atoms with van der Waals surface area (Å²) in [7, 11) is 0. The number of aliphatic hydroxyl groups is 2. The Balaban J connectivity index is 2.43. The fraction of sp³-hybridized carbons (Fsp3) is 0.478. The average molecular weight is 357 g/mol. The largest absolute Gasteiger partial charge is 0.489 e. The van der Waals surface area contributed by atoms with E-state index in [1.54, 1.807) is 0 Å². The van der Waals surface area contributed by atoms with Gasteiger partial charge in [0.2, 0.25) is 0 Å². The van der Waals surface area contributed by atoms with Crippen molar-refractivity contribution < 1.29 is 14.9 Å². The van der Waals surface area contributed by atoms with Gasteiger partial charge in [0.1, 0.15) is 12.4 Å². The van der Waals surface area contributed by atoms with Gasteiger partial charge in [-0.25, -0.2) is 0 Å². The molecule has 0 saturated carbocycles. The summed E-state index contributed by atoms with van der Waals surface area (Å²) in [6, 6.07) is 15.8. The van der Waals surface area contributed by atoms with Crippen molar-refractivity contribution in [1.82, 2.24) is 0 Å². The van der Waals surface area contributed by atoms with Crippen molar-refractivity contribution in [3.63, 3.8) is 0 Å². The Bertz CT molecular complexity index is 650. The highest BCUT2D eigenvalue weighted by atomic mass is 16.5. The van der Waals surface area contributed by atoms with E-state index < -0.39 is 11.2 Å². The summed E-state index contributed by atoms with van der Waals surface area (Å²) < 4.78 is 6.02. The lowest BCUT2D eigenvalue weighted by atomic mass is 9.82. The first kappa shape index (κ1) is 20.5. The second-order valence-corrected chi connectivity index (χ2v) is 7.00. The molecule has 0 aliphatic heterocycles. The number of benzene rings is 2. The van der Waals surface area contributed by atoms with Crippen molar-refractivity contribution in [3.8, 4) is 5.75 Å². The molecule has 0 radical (unpaired) electrons. The highest BCUT2D eigenvalue weighted by Gasteiger charge is 2.30. The van der Waals surface area contributed by atoms with Crippen LogP contribution in [0.15, 0.2) is 48.5 Å². The zero-order valence-corrected chi connectivity index (χ0v) is 16.5. The molecule has 0 aliphatic carbocycles. The Kier molecular flexibility index (Phi) is 6.85. The normalized spacial score (nSPS) is 12.2. The van der Waals surface area contributed by atoms with E-state index in [1.165, 1.54) is 0 Å². The van der Waals surface area contributed by atoms with E-state index in [4.69, 9.17) is 4.74 Å². The summed E-state index contributed by atoms with van der Waals surface area (Å²) >= 11 is 0. The lowest BCUT2D eigenvalue weighted by Crippen LogP contribution is -2.27. The molecule has 0 fully saturated rings. The van der Waals surface area contributed by atoms with Crippen LogP contribution in [0.3, 0.4) is 0 Å². The van der Waals surface area contributed by atoms with Gasteiger partial charge in [0.25, 0.3) is 0 Å². The molecule has 26 heavy (non-hydrogen) atoms. The summed E-state index contributed by atoms with van der Waals surface area (Å²) in [6.45, 7) is 8.37. The van der Waals surface area contributed by atoms with Crippen molar-refractivity contribution in [2.24, 2.45) is 0 Å². The number of rotatable bonds is 9. The van der Waals surface area contributed by atoms with Gasteiger partial charge in [-0.3, -0.25) is 0 Å². The van der Waals surface area contributed by atoms with Gasteiger partial charge in [-0.1, -0.05) is 58.0 Å². The maximum absolute atomic E-state index is 11.0. The van der Waals surface area contributed by atoms with E-state index in [1.807, 2.05) is 76.2 Å². The summed E-state index contributed by atoms with van der Waals surface area (Å²) in [5.41, 5.74) is 0.876. The second kappa shape index (κ2) is 8.70. The fourth-order valence-electron chi connectivity index (χ4n) is 3.28. The zero-order chi connectivity index (χ0) is 19.2. The van der Waals surface area contributed by atoms with Gasteiger partial charge in [0.15, 0.2) is 0 Å². The van der Waals surface area contributed by atoms with Crippen LogP contribution >= 0.6 is 0 Å². The maximum Gasteiger partial charge on any atom is 0.120 e. The third kappa shape index (κ3) is 4.46. The second-order valence-electron chi connectivity index (χ2n) is 7.00. The molecule has 0 aromatic heterocycles. The Morgan fingerprint density at radius 2 is 1.19 bits per heavy atom. The third-order valence-electron chi connectivity index (χ3n) is 5.57. The van der Waals surface area contributed by atoms with Crippen LogP contribution in [0.5, 0.6) is 5.75 Å². The molecule has 2 aromatic carbocycles.